The van der Waals surface area contributed by atoms with Crippen LogP contribution in [0.4, 0.5) is 5.69 Å². The molecule has 4 atom stereocenters. The zero-order valence-corrected chi connectivity index (χ0v) is 25.9. The largest absolute Gasteiger partial charge is 0.490 e. The monoisotopic (exact) mass is 612 g/mol. The van der Waals surface area contributed by atoms with Gasteiger partial charge in [-0.25, -0.2) is 13.1 Å². The van der Waals surface area contributed by atoms with Gasteiger partial charge in [0.1, 0.15) is 5.75 Å². The van der Waals surface area contributed by atoms with Crippen molar-refractivity contribution < 1.29 is 23.1 Å². The number of ether oxygens (including phenoxy) is 1. The lowest BCUT2D eigenvalue weighted by atomic mass is 9.57. The van der Waals surface area contributed by atoms with E-state index in [2.05, 4.69) is 41.8 Å². The van der Waals surface area contributed by atoms with Gasteiger partial charge in [0.15, 0.2) is 0 Å². The van der Waals surface area contributed by atoms with Gasteiger partial charge in [-0.15, -0.1) is 13.2 Å². The van der Waals surface area contributed by atoms with Crippen LogP contribution in [-0.2, 0) is 21.9 Å². The Kier molecular flexibility index (Phi) is 8.80. The average Bonchev–Trinajstić information content (AvgIpc) is 3.10. The Bertz CT molecular complexity index is 1480. The lowest BCUT2D eigenvalue weighted by Gasteiger charge is -2.52. The third kappa shape index (κ3) is 5.99. The SMILES string of the molecule is C=CCCS(=O)(=O)NC(=O)c1ccc2c(c1)N(C[C@H]1CC[C@]1(C)[C@H](O)CC=C)C[C@@]1(CCCc3cc(Cl)ccc31)CO2. The minimum absolute atomic E-state index is 0.207. The van der Waals surface area contributed by atoms with Crippen molar-refractivity contribution in [2.45, 2.75) is 63.4 Å². The molecule has 9 heteroatoms. The van der Waals surface area contributed by atoms with Crippen molar-refractivity contribution in [3.05, 3.63) is 83.4 Å². The molecule has 0 bridgehead atoms. The average molecular weight is 613 g/mol. The van der Waals surface area contributed by atoms with E-state index < -0.39 is 22.0 Å². The number of carbonyl (C=O) groups excluding carboxylic acids is 1. The third-order valence-corrected chi connectivity index (χ3v) is 11.2. The molecule has 2 aromatic carbocycles. The maximum atomic E-state index is 13.1. The van der Waals surface area contributed by atoms with Crippen LogP contribution in [0.25, 0.3) is 0 Å². The summed E-state index contributed by atoms with van der Waals surface area (Å²) in [6.07, 6.45) is 8.42. The molecule has 1 fully saturated rings. The van der Waals surface area contributed by atoms with Crippen LogP contribution in [0.2, 0.25) is 5.02 Å². The molecule has 5 rings (SSSR count). The summed E-state index contributed by atoms with van der Waals surface area (Å²) in [6, 6.07) is 11.3. The number of allylic oxidation sites excluding steroid dienone is 1. The lowest BCUT2D eigenvalue weighted by Crippen LogP contribution is -2.53. The summed E-state index contributed by atoms with van der Waals surface area (Å²) in [7, 11) is -3.80. The number of anilines is 1. The van der Waals surface area contributed by atoms with E-state index in [-0.39, 0.29) is 34.5 Å². The molecule has 0 radical (unpaired) electrons. The van der Waals surface area contributed by atoms with Gasteiger partial charge in [-0.3, -0.25) is 4.79 Å². The number of sulfonamides is 1. The van der Waals surface area contributed by atoms with Gasteiger partial charge in [0.25, 0.3) is 5.91 Å². The molecule has 0 aromatic heterocycles. The second kappa shape index (κ2) is 12.1. The molecule has 42 heavy (non-hydrogen) atoms. The van der Waals surface area contributed by atoms with Gasteiger partial charge >= 0.3 is 0 Å². The molecule has 1 aliphatic heterocycles. The van der Waals surface area contributed by atoms with Crippen molar-refractivity contribution in [3.63, 3.8) is 0 Å². The van der Waals surface area contributed by atoms with Gasteiger partial charge in [0, 0.05) is 29.1 Å². The minimum Gasteiger partial charge on any atom is -0.490 e. The van der Waals surface area contributed by atoms with Crippen LogP contribution >= 0.6 is 11.6 Å². The fraction of sp³-hybridized carbons (Fsp3) is 0.485. The second-order valence-corrected chi connectivity index (χ2v) is 14.7. The van der Waals surface area contributed by atoms with Crippen molar-refractivity contribution in [2.75, 3.05) is 30.3 Å². The van der Waals surface area contributed by atoms with Crippen molar-refractivity contribution in [1.29, 1.82) is 0 Å². The van der Waals surface area contributed by atoms with Crippen molar-refractivity contribution in [1.82, 2.24) is 4.72 Å². The number of fused-ring (bicyclic) bond motifs is 3. The van der Waals surface area contributed by atoms with Crippen LogP contribution in [0, 0.1) is 11.3 Å². The van der Waals surface area contributed by atoms with Gasteiger partial charge in [-0.05, 0) is 97.7 Å². The number of carbonyl (C=O) groups is 1. The predicted octanol–water partition coefficient (Wildman–Crippen LogP) is 5.80. The van der Waals surface area contributed by atoms with Crippen molar-refractivity contribution in [2.24, 2.45) is 11.3 Å². The number of nitrogens with one attached hydrogen (secondary N) is 1. The van der Waals surface area contributed by atoms with Crippen LogP contribution in [0.3, 0.4) is 0 Å². The van der Waals surface area contributed by atoms with Gasteiger partial charge in [-0.1, -0.05) is 36.7 Å². The summed E-state index contributed by atoms with van der Waals surface area (Å²) < 4.78 is 33.6. The van der Waals surface area contributed by atoms with Gasteiger partial charge in [-0.2, -0.15) is 0 Å². The molecule has 2 aliphatic carbocycles. The van der Waals surface area contributed by atoms with E-state index in [9.17, 15) is 18.3 Å². The van der Waals surface area contributed by atoms with E-state index in [4.69, 9.17) is 16.3 Å². The lowest BCUT2D eigenvalue weighted by molar-refractivity contribution is -0.0695. The van der Waals surface area contributed by atoms with Crippen LogP contribution in [0.5, 0.6) is 5.75 Å². The number of amides is 1. The Morgan fingerprint density at radius 1 is 1.24 bits per heavy atom. The standard InChI is InChI=1S/C33H41ClN2O5S/c1-4-6-17-42(39,40)35-31(38)24-10-13-29-28(19-24)36(20-25-14-16-32(25,3)30(37)8-5-2)21-33(22-41-29)15-7-9-23-18-26(34)11-12-27(23)33/h4-5,10-13,18-19,25,30,37H,1-2,6-9,14-17,20-22H2,3H3,(H,35,38)/t25-,30-,32+,33+/m1/s1. The number of hydrogen-bond donors (Lipinski definition) is 2. The van der Waals surface area contributed by atoms with E-state index in [1.54, 1.807) is 24.3 Å². The highest BCUT2D eigenvalue weighted by molar-refractivity contribution is 7.90. The van der Waals surface area contributed by atoms with Gasteiger partial charge in [0.05, 0.1) is 24.2 Å². The number of aryl methyl sites for hydroxylation is 1. The molecular weight excluding hydrogens is 572 g/mol. The number of halogens is 1. The molecule has 1 amide bonds. The van der Waals surface area contributed by atoms with Crippen molar-refractivity contribution in [3.8, 4) is 5.75 Å². The number of aliphatic hydroxyl groups excluding tert-OH is 1. The zero-order chi connectivity index (χ0) is 30.1. The molecule has 1 saturated carbocycles. The highest BCUT2D eigenvalue weighted by atomic mass is 35.5. The van der Waals surface area contributed by atoms with Gasteiger partial charge < -0.3 is 14.7 Å². The second-order valence-electron chi connectivity index (χ2n) is 12.4. The minimum atomic E-state index is -3.80. The first kappa shape index (κ1) is 30.6. The maximum absolute atomic E-state index is 13.1. The van der Waals surface area contributed by atoms with Crippen molar-refractivity contribution >= 4 is 33.2 Å². The number of nitrogens with zero attached hydrogens (tertiary/aromatic N) is 1. The van der Waals surface area contributed by atoms with E-state index in [1.165, 1.54) is 17.2 Å². The normalized spacial score (nSPS) is 25.7. The van der Waals surface area contributed by atoms with E-state index in [0.717, 1.165) is 42.8 Å². The van der Waals surface area contributed by atoms with Crippen LogP contribution in [0.15, 0.2) is 61.7 Å². The summed E-state index contributed by atoms with van der Waals surface area (Å²) in [5.41, 5.74) is 2.96. The summed E-state index contributed by atoms with van der Waals surface area (Å²) >= 11 is 6.38. The van der Waals surface area contributed by atoms with E-state index in [1.807, 2.05) is 6.07 Å². The number of rotatable bonds is 10. The fourth-order valence-corrected chi connectivity index (χ4v) is 8.15. The highest BCUT2D eigenvalue weighted by Gasteiger charge is 2.49. The first-order chi connectivity index (χ1) is 20.0. The van der Waals surface area contributed by atoms with E-state index >= 15 is 0 Å². The summed E-state index contributed by atoms with van der Waals surface area (Å²) in [6.45, 7) is 11.4. The van der Waals surface area contributed by atoms with E-state index in [0.29, 0.717) is 31.9 Å². The number of hydrogen-bond acceptors (Lipinski definition) is 6. The first-order valence-corrected chi connectivity index (χ1v) is 16.8. The Balaban J connectivity index is 1.52. The molecule has 1 spiro atoms. The van der Waals surface area contributed by atoms with Crippen LogP contribution in [-0.4, -0.2) is 51.0 Å². The molecule has 7 nitrogen and oxygen atoms in total. The summed E-state index contributed by atoms with van der Waals surface area (Å²) in [5, 5.41) is 11.7. The van der Waals surface area contributed by atoms with Gasteiger partial charge in [0.2, 0.25) is 10.0 Å². The van der Waals surface area contributed by atoms with Crippen LogP contribution < -0.4 is 14.4 Å². The third-order valence-electron chi connectivity index (χ3n) is 9.69. The predicted molar refractivity (Wildman–Crippen MR) is 168 cm³/mol. The number of benzene rings is 2. The topological polar surface area (TPSA) is 95.9 Å². The van der Waals surface area contributed by atoms with Crippen LogP contribution in [0.1, 0.15) is 66.9 Å². The number of aliphatic hydroxyl groups is 1. The maximum Gasteiger partial charge on any atom is 0.264 e. The smallest absolute Gasteiger partial charge is 0.264 e. The molecule has 1 heterocycles. The molecular formula is C33H41ClN2O5S. The fourth-order valence-electron chi connectivity index (χ4n) is 6.98. The molecule has 3 aliphatic rings. The Morgan fingerprint density at radius 3 is 2.76 bits per heavy atom. The first-order valence-electron chi connectivity index (χ1n) is 14.8. The quantitative estimate of drug-likeness (QED) is 0.329. The highest BCUT2D eigenvalue weighted by Crippen LogP contribution is 2.52. The molecule has 0 unspecified atom stereocenters. The summed E-state index contributed by atoms with van der Waals surface area (Å²) in [4.78, 5) is 15.4. The Labute approximate surface area is 254 Å². The Hall–Kier alpha value is -2.81. The molecule has 2 aromatic rings. The molecule has 2 N–H and O–H groups in total. The molecule has 226 valence electrons. The zero-order valence-electron chi connectivity index (χ0n) is 24.3. The summed E-state index contributed by atoms with van der Waals surface area (Å²) in [5.74, 6) is 0.00211. The molecule has 0 saturated heterocycles. The Morgan fingerprint density at radius 2 is 2.05 bits per heavy atom.